The molecule has 0 saturated heterocycles. The average Bonchev–Trinajstić information content (AvgIpc) is 3.05. The number of nitrogens with one attached hydrogen (secondary N) is 1. The number of aryl methyl sites for hydroxylation is 1. The molecule has 0 saturated carbocycles. The van der Waals surface area contributed by atoms with E-state index in [1.807, 2.05) is 31.5 Å². The van der Waals surface area contributed by atoms with E-state index in [0.29, 0.717) is 0 Å². The molecule has 4 nitrogen and oxygen atoms in total. The number of hydrogen-bond donors (Lipinski definition) is 1. The molecule has 2 heterocycles. The van der Waals surface area contributed by atoms with Crippen LogP contribution < -0.4 is 5.32 Å². The normalized spacial score (nSPS) is 11.3. The number of para-hydroxylation sites is 2. The van der Waals surface area contributed by atoms with Crippen LogP contribution in [0.2, 0.25) is 0 Å². The van der Waals surface area contributed by atoms with Gasteiger partial charge in [-0.25, -0.2) is 4.98 Å². The first-order valence-corrected chi connectivity index (χ1v) is 7.46. The molecule has 1 N–H and O–H groups in total. The first-order valence-electron chi connectivity index (χ1n) is 7.46. The van der Waals surface area contributed by atoms with Crippen molar-refractivity contribution in [3.8, 4) is 0 Å². The predicted molar refractivity (Wildman–Crippen MR) is 84.3 cm³/mol. The van der Waals surface area contributed by atoms with Gasteiger partial charge in [0.1, 0.15) is 11.5 Å². The Morgan fingerprint density at radius 1 is 1.29 bits per heavy atom. The van der Waals surface area contributed by atoms with Crippen LogP contribution in [-0.4, -0.2) is 16.1 Å². The fraction of sp³-hybridized carbons (Fsp3) is 0.353. The smallest absolute Gasteiger partial charge is 0.124 e. The third-order valence-electron chi connectivity index (χ3n) is 3.67. The lowest BCUT2D eigenvalue weighted by Crippen LogP contribution is -2.13. The molecule has 0 fully saturated rings. The van der Waals surface area contributed by atoms with Crippen molar-refractivity contribution in [1.29, 1.82) is 0 Å². The van der Waals surface area contributed by atoms with Gasteiger partial charge >= 0.3 is 0 Å². The number of rotatable bonds is 6. The highest BCUT2D eigenvalue weighted by atomic mass is 16.3. The van der Waals surface area contributed by atoms with Crippen molar-refractivity contribution >= 4 is 11.0 Å². The van der Waals surface area contributed by atoms with Crippen LogP contribution in [0, 0.1) is 6.92 Å². The van der Waals surface area contributed by atoms with Crippen LogP contribution in [0.1, 0.15) is 30.4 Å². The summed E-state index contributed by atoms with van der Waals surface area (Å²) in [4.78, 5) is 4.41. The zero-order valence-electron chi connectivity index (χ0n) is 12.6. The third kappa shape index (κ3) is 3.00. The number of furan rings is 1. The van der Waals surface area contributed by atoms with Crippen LogP contribution in [-0.2, 0) is 13.1 Å². The maximum Gasteiger partial charge on any atom is 0.124 e. The number of hydrogen-bond acceptors (Lipinski definition) is 3. The Hall–Kier alpha value is -2.07. The number of imidazole rings is 1. The predicted octanol–water partition coefficient (Wildman–Crippen LogP) is 3.49. The summed E-state index contributed by atoms with van der Waals surface area (Å²) in [5.41, 5.74) is 3.39. The highest BCUT2D eigenvalue weighted by molar-refractivity contribution is 5.74. The van der Waals surface area contributed by atoms with E-state index in [2.05, 4.69) is 33.9 Å². The summed E-state index contributed by atoms with van der Waals surface area (Å²) in [5, 5.41) is 3.41. The minimum atomic E-state index is 0.717. The van der Waals surface area contributed by atoms with Crippen molar-refractivity contribution in [1.82, 2.24) is 14.9 Å². The standard InChI is InChI=1S/C17H21N3O/c1-3-8-18-10-14-9-15(21-13(14)2)11-20-12-19-16-6-4-5-7-17(16)20/h4-7,9,12,18H,3,8,10-11H2,1-2H3. The van der Waals surface area contributed by atoms with Gasteiger partial charge in [0.15, 0.2) is 0 Å². The summed E-state index contributed by atoms with van der Waals surface area (Å²) in [6.45, 7) is 6.82. The van der Waals surface area contributed by atoms with Crippen LogP contribution in [0.4, 0.5) is 0 Å². The van der Waals surface area contributed by atoms with Crippen molar-refractivity contribution < 1.29 is 4.42 Å². The van der Waals surface area contributed by atoms with Crippen molar-refractivity contribution in [3.05, 3.63) is 53.7 Å². The Balaban J connectivity index is 1.77. The molecule has 0 bridgehead atoms. The zero-order valence-corrected chi connectivity index (χ0v) is 12.6. The molecule has 1 aromatic carbocycles. The SMILES string of the molecule is CCCNCc1cc(Cn2cnc3ccccc32)oc1C. The van der Waals surface area contributed by atoms with Gasteiger partial charge in [0.2, 0.25) is 0 Å². The number of aromatic nitrogens is 2. The topological polar surface area (TPSA) is 43.0 Å². The first kappa shape index (κ1) is 13.9. The van der Waals surface area contributed by atoms with E-state index in [4.69, 9.17) is 4.42 Å². The van der Waals surface area contributed by atoms with Crippen LogP contribution in [0.25, 0.3) is 11.0 Å². The summed E-state index contributed by atoms with van der Waals surface area (Å²) in [7, 11) is 0. The van der Waals surface area contributed by atoms with Crippen LogP contribution in [0.5, 0.6) is 0 Å². The van der Waals surface area contributed by atoms with E-state index in [9.17, 15) is 0 Å². The number of nitrogens with zero attached hydrogens (tertiary/aromatic N) is 2. The second-order valence-electron chi connectivity index (χ2n) is 5.33. The molecule has 2 aromatic heterocycles. The molecule has 0 unspecified atom stereocenters. The van der Waals surface area contributed by atoms with Crippen LogP contribution in [0.3, 0.4) is 0 Å². The van der Waals surface area contributed by atoms with Gasteiger partial charge in [0, 0.05) is 12.1 Å². The second-order valence-corrected chi connectivity index (χ2v) is 5.33. The molecule has 110 valence electrons. The molecular formula is C17H21N3O. The van der Waals surface area contributed by atoms with Crippen LogP contribution >= 0.6 is 0 Å². The van der Waals surface area contributed by atoms with Gasteiger partial charge < -0.3 is 14.3 Å². The van der Waals surface area contributed by atoms with E-state index >= 15 is 0 Å². The number of fused-ring (bicyclic) bond motifs is 1. The molecule has 3 aromatic rings. The summed E-state index contributed by atoms with van der Waals surface area (Å²) < 4.78 is 8.00. The molecule has 3 rings (SSSR count). The van der Waals surface area contributed by atoms with Gasteiger partial charge in [0.25, 0.3) is 0 Å². The van der Waals surface area contributed by atoms with E-state index in [0.717, 1.165) is 48.6 Å². The van der Waals surface area contributed by atoms with E-state index in [1.165, 1.54) is 5.56 Å². The highest BCUT2D eigenvalue weighted by Crippen LogP contribution is 2.18. The minimum absolute atomic E-state index is 0.717. The zero-order chi connectivity index (χ0) is 14.7. The molecule has 0 radical (unpaired) electrons. The van der Waals surface area contributed by atoms with Crippen molar-refractivity contribution in [2.24, 2.45) is 0 Å². The summed E-state index contributed by atoms with van der Waals surface area (Å²) in [6, 6.07) is 10.3. The minimum Gasteiger partial charge on any atom is -0.464 e. The fourth-order valence-electron chi connectivity index (χ4n) is 2.55. The van der Waals surface area contributed by atoms with Crippen molar-refractivity contribution in [3.63, 3.8) is 0 Å². The van der Waals surface area contributed by atoms with Crippen molar-refractivity contribution in [2.75, 3.05) is 6.54 Å². The molecule has 21 heavy (non-hydrogen) atoms. The molecule has 0 amide bonds. The maximum absolute atomic E-state index is 5.88. The highest BCUT2D eigenvalue weighted by Gasteiger charge is 2.09. The summed E-state index contributed by atoms with van der Waals surface area (Å²) in [6.07, 6.45) is 3.02. The largest absolute Gasteiger partial charge is 0.464 e. The molecule has 4 heteroatoms. The molecule has 0 aliphatic carbocycles. The molecule has 0 aliphatic heterocycles. The average molecular weight is 283 g/mol. The lowest BCUT2D eigenvalue weighted by atomic mass is 10.2. The lowest BCUT2D eigenvalue weighted by Gasteiger charge is -2.00. The van der Waals surface area contributed by atoms with E-state index < -0.39 is 0 Å². The van der Waals surface area contributed by atoms with E-state index in [1.54, 1.807) is 0 Å². The third-order valence-corrected chi connectivity index (χ3v) is 3.67. The Morgan fingerprint density at radius 2 is 2.14 bits per heavy atom. The van der Waals surface area contributed by atoms with Gasteiger partial charge in [-0.2, -0.15) is 0 Å². The summed E-state index contributed by atoms with van der Waals surface area (Å²) >= 11 is 0. The van der Waals surface area contributed by atoms with Gasteiger partial charge in [-0.05, 0) is 38.1 Å². The van der Waals surface area contributed by atoms with Gasteiger partial charge in [-0.15, -0.1) is 0 Å². The Kier molecular flexibility index (Phi) is 4.06. The monoisotopic (exact) mass is 283 g/mol. The Morgan fingerprint density at radius 3 is 3.00 bits per heavy atom. The second kappa shape index (κ2) is 6.14. The van der Waals surface area contributed by atoms with E-state index in [-0.39, 0.29) is 0 Å². The quantitative estimate of drug-likeness (QED) is 0.704. The Labute approximate surface area is 124 Å². The molecule has 0 aliphatic rings. The number of benzene rings is 1. The Bertz CT molecular complexity index is 727. The first-order chi connectivity index (χ1) is 10.3. The fourth-order valence-corrected chi connectivity index (χ4v) is 2.55. The van der Waals surface area contributed by atoms with Gasteiger partial charge in [0.05, 0.1) is 23.9 Å². The van der Waals surface area contributed by atoms with Crippen LogP contribution in [0.15, 0.2) is 41.1 Å². The molecule has 0 atom stereocenters. The van der Waals surface area contributed by atoms with Gasteiger partial charge in [-0.3, -0.25) is 0 Å². The molecular weight excluding hydrogens is 262 g/mol. The maximum atomic E-state index is 5.88. The van der Waals surface area contributed by atoms with Crippen molar-refractivity contribution in [2.45, 2.75) is 33.4 Å². The van der Waals surface area contributed by atoms with Gasteiger partial charge in [-0.1, -0.05) is 19.1 Å². The molecule has 0 spiro atoms. The summed E-state index contributed by atoms with van der Waals surface area (Å²) in [5.74, 6) is 1.97. The lowest BCUT2D eigenvalue weighted by molar-refractivity contribution is 0.468.